The van der Waals surface area contributed by atoms with Crippen LogP contribution in [-0.4, -0.2) is 29.6 Å². The van der Waals surface area contributed by atoms with Gasteiger partial charge < -0.3 is 19.9 Å². The first-order chi connectivity index (χ1) is 14.1. The topological polar surface area (TPSA) is 84.9 Å². The Balaban J connectivity index is 2.18. The molecule has 164 valence electrons. The van der Waals surface area contributed by atoms with Crippen LogP contribution in [0.4, 0.5) is 0 Å². The number of esters is 2. The highest BCUT2D eigenvalue weighted by molar-refractivity contribution is 5.85. The molecule has 6 heteroatoms. The highest BCUT2D eigenvalue weighted by Gasteiger charge is 2.41. The van der Waals surface area contributed by atoms with Crippen LogP contribution in [0.5, 0.6) is 11.5 Å². The minimum atomic E-state index is -0.793. The fourth-order valence-electron chi connectivity index (χ4n) is 3.40. The first-order valence-electron chi connectivity index (χ1n) is 10.4. The molecule has 1 saturated carbocycles. The summed E-state index contributed by atoms with van der Waals surface area (Å²) >= 11 is 0. The average Bonchev–Trinajstić information content (AvgIpc) is 2.65. The number of allylic oxidation sites excluding steroid dienone is 2. The van der Waals surface area contributed by atoms with E-state index < -0.39 is 12.1 Å². The van der Waals surface area contributed by atoms with Crippen molar-refractivity contribution in [3.05, 3.63) is 48.6 Å². The summed E-state index contributed by atoms with van der Waals surface area (Å²) in [7, 11) is 0. The van der Waals surface area contributed by atoms with Crippen molar-refractivity contribution in [3.63, 3.8) is 0 Å². The molecule has 1 aliphatic rings. The standard InChI is InChI=1S/C24H33NO5/c1-6-7-8-9-22(27)29-21-12-17(19(26)15-25-16(2)3)10-11-20(21)30-23(28)18-13-24(4,5)14-18/h6,8-12,16,18-19,25-26H,1,7,13-15H2,2-5H3. The maximum absolute atomic E-state index is 12.5. The van der Waals surface area contributed by atoms with Crippen molar-refractivity contribution in [2.45, 2.75) is 59.1 Å². The number of hydrogen-bond donors (Lipinski definition) is 2. The lowest BCUT2D eigenvalue weighted by Gasteiger charge is -2.40. The van der Waals surface area contributed by atoms with E-state index in [1.54, 1.807) is 30.4 Å². The molecule has 1 atom stereocenters. The van der Waals surface area contributed by atoms with Gasteiger partial charge in [-0.2, -0.15) is 0 Å². The van der Waals surface area contributed by atoms with Crippen LogP contribution in [0.3, 0.4) is 0 Å². The molecule has 0 spiro atoms. The Hall–Kier alpha value is -2.44. The van der Waals surface area contributed by atoms with Gasteiger partial charge in [0.1, 0.15) is 0 Å². The van der Waals surface area contributed by atoms with Crippen molar-refractivity contribution in [2.24, 2.45) is 11.3 Å². The number of aliphatic hydroxyl groups is 1. The second-order valence-corrected chi connectivity index (χ2v) is 8.82. The molecule has 0 amide bonds. The smallest absolute Gasteiger partial charge is 0.335 e. The van der Waals surface area contributed by atoms with Crippen LogP contribution in [0, 0.1) is 11.3 Å². The van der Waals surface area contributed by atoms with Gasteiger partial charge in [-0.3, -0.25) is 4.79 Å². The minimum Gasteiger partial charge on any atom is -0.422 e. The van der Waals surface area contributed by atoms with Crippen LogP contribution in [-0.2, 0) is 9.59 Å². The predicted molar refractivity (Wildman–Crippen MR) is 116 cm³/mol. The summed E-state index contributed by atoms with van der Waals surface area (Å²) in [4.78, 5) is 24.6. The van der Waals surface area contributed by atoms with Gasteiger partial charge in [-0.25, -0.2) is 4.79 Å². The molecule has 0 saturated heterocycles. The average molecular weight is 416 g/mol. The lowest BCUT2D eigenvalue weighted by Crippen LogP contribution is -2.38. The molecule has 0 heterocycles. The van der Waals surface area contributed by atoms with E-state index >= 15 is 0 Å². The van der Waals surface area contributed by atoms with Gasteiger partial charge in [-0.15, -0.1) is 6.58 Å². The van der Waals surface area contributed by atoms with Crippen LogP contribution in [0.15, 0.2) is 43.0 Å². The summed E-state index contributed by atoms with van der Waals surface area (Å²) < 4.78 is 11.0. The Morgan fingerprint density at radius 1 is 1.27 bits per heavy atom. The third-order valence-corrected chi connectivity index (χ3v) is 4.98. The van der Waals surface area contributed by atoms with E-state index in [1.807, 2.05) is 13.8 Å². The summed E-state index contributed by atoms with van der Waals surface area (Å²) in [6.45, 7) is 12.1. The zero-order chi connectivity index (χ0) is 22.3. The molecule has 0 aliphatic heterocycles. The summed E-state index contributed by atoms with van der Waals surface area (Å²) in [5.41, 5.74) is 0.706. The quantitative estimate of drug-likeness (QED) is 0.259. The van der Waals surface area contributed by atoms with Gasteiger partial charge in [0, 0.05) is 18.7 Å². The summed E-state index contributed by atoms with van der Waals surface area (Å²) in [6, 6.07) is 4.99. The van der Waals surface area contributed by atoms with Gasteiger partial charge in [-0.1, -0.05) is 45.9 Å². The Labute approximate surface area is 179 Å². The third-order valence-electron chi connectivity index (χ3n) is 4.98. The summed E-state index contributed by atoms with van der Waals surface area (Å²) in [6.07, 6.45) is 5.86. The molecule has 0 bridgehead atoms. The lowest BCUT2D eigenvalue weighted by atomic mass is 9.64. The van der Waals surface area contributed by atoms with Crippen molar-refractivity contribution in [1.82, 2.24) is 5.32 Å². The maximum Gasteiger partial charge on any atom is 0.335 e. The molecule has 1 aromatic carbocycles. The van der Waals surface area contributed by atoms with Gasteiger partial charge in [0.2, 0.25) is 0 Å². The van der Waals surface area contributed by atoms with Gasteiger partial charge in [0.05, 0.1) is 12.0 Å². The number of nitrogens with one attached hydrogen (secondary N) is 1. The van der Waals surface area contributed by atoms with E-state index in [0.717, 1.165) is 12.8 Å². The van der Waals surface area contributed by atoms with Crippen molar-refractivity contribution >= 4 is 11.9 Å². The molecule has 0 radical (unpaired) electrons. The molecule has 1 aromatic rings. The third kappa shape index (κ3) is 7.11. The molecule has 0 aromatic heterocycles. The minimum absolute atomic E-state index is 0.108. The second kappa shape index (κ2) is 10.5. The highest BCUT2D eigenvalue weighted by Crippen LogP contribution is 2.45. The summed E-state index contributed by atoms with van der Waals surface area (Å²) in [5.74, 6) is -0.801. The van der Waals surface area contributed by atoms with E-state index in [-0.39, 0.29) is 34.8 Å². The number of ether oxygens (including phenoxy) is 2. The van der Waals surface area contributed by atoms with Crippen LogP contribution >= 0.6 is 0 Å². The molecule has 6 nitrogen and oxygen atoms in total. The molecule has 1 fully saturated rings. The van der Waals surface area contributed by atoms with Gasteiger partial charge in [0.25, 0.3) is 0 Å². The largest absolute Gasteiger partial charge is 0.422 e. The van der Waals surface area contributed by atoms with Crippen LogP contribution in [0.1, 0.15) is 58.6 Å². The van der Waals surface area contributed by atoms with Crippen molar-refractivity contribution < 1.29 is 24.2 Å². The van der Waals surface area contributed by atoms with E-state index in [9.17, 15) is 14.7 Å². The van der Waals surface area contributed by atoms with Gasteiger partial charge in [-0.05, 0) is 42.4 Å². The van der Waals surface area contributed by atoms with Crippen LogP contribution < -0.4 is 14.8 Å². The molecule has 30 heavy (non-hydrogen) atoms. The maximum atomic E-state index is 12.5. The van der Waals surface area contributed by atoms with Crippen LogP contribution in [0.25, 0.3) is 0 Å². The molecule has 2 N–H and O–H groups in total. The number of carbonyl (C=O) groups is 2. The lowest BCUT2D eigenvalue weighted by molar-refractivity contribution is -0.146. The number of aliphatic hydroxyl groups excluding tert-OH is 1. The van der Waals surface area contributed by atoms with Crippen molar-refractivity contribution in [3.8, 4) is 11.5 Å². The van der Waals surface area contributed by atoms with E-state index in [0.29, 0.717) is 18.5 Å². The molecule has 1 aliphatic carbocycles. The number of benzene rings is 1. The first-order valence-corrected chi connectivity index (χ1v) is 10.4. The van der Waals surface area contributed by atoms with E-state index in [4.69, 9.17) is 9.47 Å². The highest BCUT2D eigenvalue weighted by atomic mass is 16.6. The summed E-state index contributed by atoms with van der Waals surface area (Å²) in [5, 5.41) is 13.6. The SMILES string of the molecule is C=CCC=CC(=O)Oc1cc(C(O)CNC(C)C)ccc1OC(=O)C1CC(C)(C)C1. The van der Waals surface area contributed by atoms with Crippen molar-refractivity contribution in [2.75, 3.05) is 6.54 Å². The Kier molecular flexibility index (Phi) is 8.38. The molecule has 2 rings (SSSR count). The van der Waals surface area contributed by atoms with Crippen molar-refractivity contribution in [1.29, 1.82) is 0 Å². The fraction of sp³-hybridized carbons (Fsp3) is 0.500. The number of rotatable bonds is 10. The number of hydrogen-bond acceptors (Lipinski definition) is 6. The Morgan fingerprint density at radius 2 is 1.97 bits per heavy atom. The first kappa shape index (κ1) is 23.8. The van der Waals surface area contributed by atoms with Gasteiger partial charge >= 0.3 is 11.9 Å². The molecule has 1 unspecified atom stereocenters. The van der Waals surface area contributed by atoms with E-state index in [2.05, 4.69) is 25.7 Å². The van der Waals surface area contributed by atoms with Crippen LogP contribution in [0.2, 0.25) is 0 Å². The molecular formula is C24H33NO5. The van der Waals surface area contributed by atoms with E-state index in [1.165, 1.54) is 6.08 Å². The number of carbonyl (C=O) groups excluding carboxylic acids is 2. The molecular weight excluding hydrogens is 382 g/mol. The normalized spacial score (nSPS) is 16.9. The zero-order valence-electron chi connectivity index (χ0n) is 18.3. The fourth-order valence-corrected chi connectivity index (χ4v) is 3.40. The Bertz CT molecular complexity index is 789. The monoisotopic (exact) mass is 415 g/mol. The second-order valence-electron chi connectivity index (χ2n) is 8.82. The predicted octanol–water partition coefficient (Wildman–Crippen LogP) is 4.10. The Morgan fingerprint density at radius 3 is 2.57 bits per heavy atom. The van der Waals surface area contributed by atoms with Gasteiger partial charge in [0.15, 0.2) is 11.5 Å². The zero-order valence-corrected chi connectivity index (χ0v) is 18.3.